The predicted molar refractivity (Wildman–Crippen MR) is 426 cm³/mol. The van der Waals surface area contributed by atoms with Crippen molar-refractivity contribution in [2.75, 3.05) is 39.6 Å². The molecule has 5 unspecified atom stereocenters. The van der Waals surface area contributed by atoms with Crippen molar-refractivity contribution in [3.8, 4) is 0 Å². The van der Waals surface area contributed by atoms with E-state index in [-0.39, 0.29) is 25.7 Å². The molecule has 0 fully saturated rings. The van der Waals surface area contributed by atoms with Crippen LogP contribution in [0.1, 0.15) is 272 Å². The van der Waals surface area contributed by atoms with E-state index >= 15 is 0 Å². The Bertz CT molecular complexity index is 2690. The molecular weight excluding hydrogens is 1350 g/mol. The van der Waals surface area contributed by atoms with Crippen LogP contribution in [0.5, 0.6) is 0 Å². The van der Waals surface area contributed by atoms with Gasteiger partial charge in [0.25, 0.3) is 0 Å². The fourth-order valence-electron chi connectivity index (χ4n) is 9.50. The van der Waals surface area contributed by atoms with Gasteiger partial charge in [0.15, 0.2) is 12.2 Å². The maximum absolute atomic E-state index is 13.1. The fourth-order valence-corrected chi connectivity index (χ4v) is 11.1. The molecule has 19 heteroatoms. The van der Waals surface area contributed by atoms with Crippen LogP contribution in [0, 0.1) is 0 Å². The van der Waals surface area contributed by atoms with Crippen molar-refractivity contribution < 1.29 is 80.2 Å². The molecule has 3 N–H and O–H groups in total. The average molecular weight is 1490 g/mol. The van der Waals surface area contributed by atoms with Gasteiger partial charge in [0, 0.05) is 25.7 Å². The second kappa shape index (κ2) is 75.4. The van der Waals surface area contributed by atoms with Crippen LogP contribution in [0.15, 0.2) is 182 Å². The van der Waals surface area contributed by atoms with E-state index in [0.29, 0.717) is 38.5 Å². The molecule has 0 rings (SSSR count). The van der Waals surface area contributed by atoms with Gasteiger partial charge in [-0.1, -0.05) is 268 Å². The Morgan fingerprint density at radius 1 is 0.279 bits per heavy atom. The lowest BCUT2D eigenvalue weighted by atomic mass is 10.1. The summed E-state index contributed by atoms with van der Waals surface area (Å²) in [6, 6.07) is 0. The lowest BCUT2D eigenvalue weighted by Gasteiger charge is -2.21. The average Bonchev–Trinajstić information content (AvgIpc) is 0.906. The highest BCUT2D eigenvalue weighted by atomic mass is 31.2. The van der Waals surface area contributed by atoms with Crippen LogP contribution < -0.4 is 0 Å². The highest BCUT2D eigenvalue weighted by Crippen LogP contribution is 2.45. The number of allylic oxidation sites excluding steroid dienone is 30. The third kappa shape index (κ3) is 74.4. The smallest absolute Gasteiger partial charge is 0.462 e. The normalized spacial score (nSPS) is 14.9. The Labute approximate surface area is 628 Å². The monoisotopic (exact) mass is 1490 g/mol. The summed E-state index contributed by atoms with van der Waals surface area (Å²) in [6.45, 7) is 4.30. The van der Waals surface area contributed by atoms with Crippen molar-refractivity contribution >= 4 is 39.5 Å². The van der Waals surface area contributed by atoms with E-state index in [1.165, 1.54) is 6.42 Å². The van der Waals surface area contributed by atoms with Crippen molar-refractivity contribution in [2.45, 2.75) is 290 Å². The number of phosphoric ester groups is 2. The number of unbranched alkanes of at least 4 members (excludes halogenated alkanes) is 15. The quantitative estimate of drug-likeness (QED) is 0.0169. The molecule has 5 atom stereocenters. The largest absolute Gasteiger partial charge is 0.472 e. The summed E-state index contributed by atoms with van der Waals surface area (Å²) in [7, 11) is -10.0. The summed E-state index contributed by atoms with van der Waals surface area (Å²) in [5.41, 5.74) is 0. The molecule has 0 saturated carbocycles. The molecule has 0 spiro atoms. The number of esters is 4. The molecule has 0 radical (unpaired) electrons. The maximum Gasteiger partial charge on any atom is 0.472 e. The Hall–Kier alpha value is -5.84. The molecular formula is C85H136O17P2. The number of aliphatic hydroxyl groups is 1. The van der Waals surface area contributed by atoms with Crippen LogP contribution in [0.3, 0.4) is 0 Å². The van der Waals surface area contributed by atoms with E-state index in [1.54, 1.807) is 0 Å². The molecule has 0 aromatic heterocycles. The zero-order valence-corrected chi connectivity index (χ0v) is 65.9. The van der Waals surface area contributed by atoms with E-state index in [4.69, 9.17) is 37.0 Å². The van der Waals surface area contributed by atoms with E-state index in [0.717, 1.165) is 173 Å². The fraction of sp³-hybridized carbons (Fsp3) is 0.600. The highest BCUT2D eigenvalue weighted by Gasteiger charge is 2.30. The van der Waals surface area contributed by atoms with Gasteiger partial charge in [0.1, 0.15) is 19.3 Å². The van der Waals surface area contributed by atoms with Crippen LogP contribution in [0.2, 0.25) is 0 Å². The summed E-state index contributed by atoms with van der Waals surface area (Å²) in [4.78, 5) is 72.9. The van der Waals surface area contributed by atoms with Gasteiger partial charge in [0.05, 0.1) is 26.4 Å². The number of carbonyl (C=O) groups is 4. The molecule has 0 bridgehead atoms. The summed E-state index contributed by atoms with van der Waals surface area (Å²) in [6.07, 6.45) is 90.4. The number of phosphoric acid groups is 2. The van der Waals surface area contributed by atoms with E-state index in [9.17, 15) is 43.2 Å². The summed E-state index contributed by atoms with van der Waals surface area (Å²) >= 11 is 0. The lowest BCUT2D eigenvalue weighted by molar-refractivity contribution is -0.161. The first-order chi connectivity index (χ1) is 50.7. The van der Waals surface area contributed by atoms with E-state index < -0.39 is 97.5 Å². The van der Waals surface area contributed by atoms with Gasteiger partial charge in [-0.25, -0.2) is 9.13 Å². The second-order valence-electron chi connectivity index (χ2n) is 25.1. The van der Waals surface area contributed by atoms with Crippen molar-refractivity contribution in [1.82, 2.24) is 0 Å². The Balaban J connectivity index is 5.46. The molecule has 0 aliphatic rings. The molecule has 0 heterocycles. The molecule has 0 aliphatic carbocycles. The van der Waals surface area contributed by atoms with E-state index in [1.807, 2.05) is 24.3 Å². The zero-order valence-electron chi connectivity index (χ0n) is 64.1. The number of ether oxygens (including phenoxy) is 4. The van der Waals surface area contributed by atoms with Crippen LogP contribution in [0.4, 0.5) is 0 Å². The minimum atomic E-state index is -5.01. The molecule has 0 saturated heterocycles. The Morgan fingerprint density at radius 3 is 0.827 bits per heavy atom. The number of hydrogen-bond donors (Lipinski definition) is 3. The van der Waals surface area contributed by atoms with E-state index in [2.05, 4.69) is 186 Å². The van der Waals surface area contributed by atoms with Crippen molar-refractivity contribution in [2.24, 2.45) is 0 Å². The van der Waals surface area contributed by atoms with Gasteiger partial charge in [-0.2, -0.15) is 0 Å². The summed E-state index contributed by atoms with van der Waals surface area (Å²) < 4.78 is 68.4. The van der Waals surface area contributed by atoms with Crippen molar-refractivity contribution in [3.05, 3.63) is 182 Å². The molecule has 17 nitrogen and oxygen atoms in total. The van der Waals surface area contributed by atoms with Gasteiger partial charge in [-0.05, 0) is 161 Å². The highest BCUT2D eigenvalue weighted by molar-refractivity contribution is 7.47. The van der Waals surface area contributed by atoms with Crippen LogP contribution >= 0.6 is 15.6 Å². The van der Waals surface area contributed by atoms with Gasteiger partial charge in [-0.3, -0.25) is 37.3 Å². The lowest BCUT2D eigenvalue weighted by Crippen LogP contribution is -2.30. The first kappa shape index (κ1) is 98.2. The van der Waals surface area contributed by atoms with Gasteiger partial charge >= 0.3 is 39.5 Å². The first-order valence-electron chi connectivity index (χ1n) is 39.0. The van der Waals surface area contributed by atoms with Gasteiger partial charge in [0.2, 0.25) is 0 Å². The Morgan fingerprint density at radius 2 is 0.510 bits per heavy atom. The van der Waals surface area contributed by atoms with Crippen molar-refractivity contribution in [3.63, 3.8) is 0 Å². The Kier molecular flexibility index (Phi) is 71.2. The van der Waals surface area contributed by atoms with Crippen LogP contribution in [-0.4, -0.2) is 96.7 Å². The molecule has 0 aromatic carbocycles. The third-order valence-electron chi connectivity index (χ3n) is 15.3. The standard InChI is InChI=1S/C85H136O17P2/c1-5-9-13-17-21-25-29-32-35-38-39-42-44-47-51-54-58-62-66-70-83(88)96-76-81(102-85(90)72-68-64-60-56-52-48-45-41-37-34-31-27-23-19-15-11-7-3)78-100-104(93,94)98-74-79(86)73-97-103(91,92)99-77-80(101-84(89)71-67-63-59-55-49-28-24-20-16-12-8-4)75-95-82(87)69-65-61-57-53-50-46-43-40-36-33-30-26-22-18-14-10-6-2/h9-11,13-15,20-27,32-37,39,42-43,45-46,48,53,56-57,60,79-81,86H,5-8,12,16-19,28-31,38,40-41,44,47,49-52,54-55,58-59,61-78H2,1-4H3,(H,91,92)(H,93,94)/b13-9-,14-10-,15-11-,24-20-,25-21-,26-22-,27-23-,35-32-,36-33-,37-34-,42-39-,46-43-,48-45-,57-53-,60-56-. The number of hydrogen-bond acceptors (Lipinski definition) is 15. The minimum absolute atomic E-state index is 0.00483. The number of rotatable bonds is 71. The first-order valence-corrected chi connectivity index (χ1v) is 42.0. The van der Waals surface area contributed by atoms with Crippen LogP contribution in [0.25, 0.3) is 0 Å². The predicted octanol–water partition coefficient (Wildman–Crippen LogP) is 22.8. The third-order valence-corrected chi connectivity index (χ3v) is 17.2. The number of carbonyl (C=O) groups excluding carboxylic acids is 4. The topological polar surface area (TPSA) is 237 Å². The molecule has 0 aromatic rings. The number of aliphatic hydroxyl groups excluding tert-OH is 1. The van der Waals surface area contributed by atoms with Gasteiger partial charge in [-0.15, -0.1) is 0 Å². The SMILES string of the molecule is CC/C=C\C/C=C\C/C=C\C/C=C\C/C=C\CCCC(=O)OCC(COP(=O)(O)OCC(O)COP(=O)(O)OCC(COC(=O)CCCCCCCC/C=C\C/C=C\C/C=C\C/C=C\CC)OC(=O)CCC/C=C\C/C=C\C/C=C\C/C=C\C/C=C\CC)OC(=O)CCCCCCC/C=C\CCCC. The maximum atomic E-state index is 13.1. The van der Waals surface area contributed by atoms with Gasteiger partial charge < -0.3 is 33.8 Å². The molecule has 104 heavy (non-hydrogen) atoms. The zero-order chi connectivity index (χ0) is 76.0. The van der Waals surface area contributed by atoms with Crippen LogP contribution in [-0.2, 0) is 65.4 Å². The molecule has 0 aliphatic heterocycles. The van der Waals surface area contributed by atoms with Crippen molar-refractivity contribution in [1.29, 1.82) is 0 Å². The minimum Gasteiger partial charge on any atom is -0.462 e. The molecule has 588 valence electrons. The summed E-state index contributed by atoms with van der Waals surface area (Å²) in [5.74, 6) is -2.35. The molecule has 0 amide bonds. The second-order valence-corrected chi connectivity index (χ2v) is 28.1. The summed E-state index contributed by atoms with van der Waals surface area (Å²) in [5, 5.41) is 10.6.